The molecule has 0 aliphatic carbocycles. The van der Waals surface area contributed by atoms with E-state index in [9.17, 15) is 9.18 Å². The van der Waals surface area contributed by atoms with Gasteiger partial charge in [-0.2, -0.15) is 0 Å². The van der Waals surface area contributed by atoms with E-state index in [1.165, 1.54) is 0 Å². The predicted molar refractivity (Wildman–Crippen MR) is 75.2 cm³/mol. The zero-order valence-electron chi connectivity index (χ0n) is 11.6. The number of rotatable bonds is 5. The van der Waals surface area contributed by atoms with Crippen molar-refractivity contribution in [3.63, 3.8) is 0 Å². The number of benzene rings is 1. The minimum absolute atomic E-state index is 0.265. The molecule has 1 aromatic rings. The third-order valence-corrected chi connectivity index (χ3v) is 3.44. The van der Waals surface area contributed by atoms with Gasteiger partial charge in [0.25, 0.3) is 0 Å². The lowest BCUT2D eigenvalue weighted by Gasteiger charge is -2.33. The highest BCUT2D eigenvalue weighted by atomic mass is 19.1. The normalized spacial score (nSPS) is 16.1. The van der Waals surface area contributed by atoms with E-state index in [-0.39, 0.29) is 12.8 Å². The van der Waals surface area contributed by atoms with Crippen LogP contribution in [-0.4, -0.2) is 55.3 Å². The molecule has 0 radical (unpaired) electrons. The van der Waals surface area contributed by atoms with Gasteiger partial charge in [0.1, 0.15) is 6.61 Å². The lowest BCUT2D eigenvalue weighted by Crippen LogP contribution is -2.49. The summed E-state index contributed by atoms with van der Waals surface area (Å²) in [6.07, 6.45) is 0.303. The van der Waals surface area contributed by atoms with Gasteiger partial charge in [0.2, 0.25) is 0 Å². The molecule has 110 valence electrons. The summed E-state index contributed by atoms with van der Waals surface area (Å²) in [5, 5.41) is 0. The van der Waals surface area contributed by atoms with E-state index in [1.807, 2.05) is 30.3 Å². The lowest BCUT2D eigenvalue weighted by molar-refractivity contribution is 0.0710. The van der Waals surface area contributed by atoms with E-state index < -0.39 is 0 Å². The fourth-order valence-electron chi connectivity index (χ4n) is 2.25. The average molecular weight is 280 g/mol. The van der Waals surface area contributed by atoms with Gasteiger partial charge in [-0.25, -0.2) is 4.79 Å². The summed E-state index contributed by atoms with van der Waals surface area (Å²) in [5.41, 5.74) is 0.988. The number of piperazine rings is 1. The maximum Gasteiger partial charge on any atom is 0.410 e. The number of amides is 1. The van der Waals surface area contributed by atoms with Gasteiger partial charge in [-0.05, 0) is 12.0 Å². The number of hydrogen-bond acceptors (Lipinski definition) is 3. The Labute approximate surface area is 119 Å². The topological polar surface area (TPSA) is 32.8 Å². The van der Waals surface area contributed by atoms with Crippen LogP contribution in [-0.2, 0) is 11.3 Å². The zero-order valence-corrected chi connectivity index (χ0v) is 11.6. The summed E-state index contributed by atoms with van der Waals surface area (Å²) in [6, 6.07) is 9.64. The molecule has 0 N–H and O–H groups in total. The summed E-state index contributed by atoms with van der Waals surface area (Å²) >= 11 is 0. The van der Waals surface area contributed by atoms with Gasteiger partial charge in [0.15, 0.2) is 0 Å². The number of hydrogen-bond donors (Lipinski definition) is 0. The van der Waals surface area contributed by atoms with Crippen molar-refractivity contribution in [2.75, 3.05) is 39.4 Å². The highest BCUT2D eigenvalue weighted by Crippen LogP contribution is 2.07. The molecule has 0 aromatic heterocycles. The van der Waals surface area contributed by atoms with Crippen molar-refractivity contribution >= 4 is 6.09 Å². The molecule has 2 rings (SSSR count). The first kappa shape index (κ1) is 14.8. The number of alkyl halides is 1. The van der Waals surface area contributed by atoms with Gasteiger partial charge >= 0.3 is 6.09 Å². The molecule has 1 saturated heterocycles. The Morgan fingerprint density at radius 1 is 1.15 bits per heavy atom. The molecule has 0 unspecified atom stereocenters. The second-order valence-electron chi connectivity index (χ2n) is 4.91. The molecule has 0 saturated carbocycles. The van der Waals surface area contributed by atoms with Gasteiger partial charge in [0.05, 0.1) is 6.67 Å². The van der Waals surface area contributed by atoms with Crippen molar-refractivity contribution in [3.05, 3.63) is 35.9 Å². The van der Waals surface area contributed by atoms with Crippen LogP contribution in [0, 0.1) is 0 Å². The Morgan fingerprint density at radius 2 is 1.85 bits per heavy atom. The summed E-state index contributed by atoms with van der Waals surface area (Å²) in [6.45, 7) is 3.69. The van der Waals surface area contributed by atoms with Crippen LogP contribution in [0.4, 0.5) is 9.18 Å². The van der Waals surface area contributed by atoms with Crippen LogP contribution >= 0.6 is 0 Å². The molecular formula is C15H21FN2O2. The standard InChI is InChI=1S/C15H21FN2O2/c16-7-4-8-17-9-11-18(12-10-17)15(19)20-13-14-5-2-1-3-6-14/h1-3,5-6H,4,7-13H2. The van der Waals surface area contributed by atoms with Gasteiger partial charge < -0.3 is 9.64 Å². The molecule has 1 amide bonds. The molecule has 1 heterocycles. The number of halogens is 1. The minimum Gasteiger partial charge on any atom is -0.445 e. The maximum atomic E-state index is 12.1. The summed E-state index contributed by atoms with van der Waals surface area (Å²) in [4.78, 5) is 15.8. The smallest absolute Gasteiger partial charge is 0.410 e. The van der Waals surface area contributed by atoms with Gasteiger partial charge in [-0.15, -0.1) is 0 Å². The van der Waals surface area contributed by atoms with Crippen LogP contribution in [0.3, 0.4) is 0 Å². The fourth-order valence-corrected chi connectivity index (χ4v) is 2.25. The van der Waals surface area contributed by atoms with Crippen molar-refractivity contribution in [2.45, 2.75) is 13.0 Å². The van der Waals surface area contributed by atoms with Crippen LogP contribution in [0.1, 0.15) is 12.0 Å². The molecule has 1 aliphatic heterocycles. The summed E-state index contributed by atoms with van der Waals surface area (Å²) in [5.74, 6) is 0. The van der Waals surface area contributed by atoms with E-state index in [4.69, 9.17) is 4.74 Å². The van der Waals surface area contributed by atoms with Crippen LogP contribution in [0.5, 0.6) is 0 Å². The van der Waals surface area contributed by atoms with Crippen molar-refractivity contribution in [2.24, 2.45) is 0 Å². The quantitative estimate of drug-likeness (QED) is 0.829. The van der Waals surface area contributed by atoms with Crippen molar-refractivity contribution < 1.29 is 13.9 Å². The Balaban J connectivity index is 1.69. The van der Waals surface area contributed by atoms with Gasteiger partial charge in [-0.3, -0.25) is 9.29 Å². The Bertz CT molecular complexity index is 406. The van der Waals surface area contributed by atoms with E-state index >= 15 is 0 Å². The molecular weight excluding hydrogens is 259 g/mol. The highest BCUT2D eigenvalue weighted by molar-refractivity contribution is 5.67. The second-order valence-corrected chi connectivity index (χ2v) is 4.91. The molecule has 5 heteroatoms. The van der Waals surface area contributed by atoms with E-state index in [0.717, 1.165) is 25.2 Å². The van der Waals surface area contributed by atoms with Crippen LogP contribution in [0.2, 0.25) is 0 Å². The molecule has 0 atom stereocenters. The second kappa shape index (κ2) is 7.85. The third-order valence-electron chi connectivity index (χ3n) is 3.44. The van der Waals surface area contributed by atoms with Crippen LogP contribution < -0.4 is 0 Å². The number of carbonyl (C=O) groups excluding carboxylic acids is 1. The third kappa shape index (κ3) is 4.49. The zero-order chi connectivity index (χ0) is 14.2. The van der Waals surface area contributed by atoms with E-state index in [1.54, 1.807) is 4.90 Å². The monoisotopic (exact) mass is 280 g/mol. The number of ether oxygens (including phenoxy) is 1. The maximum absolute atomic E-state index is 12.1. The molecule has 1 aliphatic rings. The first-order valence-electron chi connectivity index (χ1n) is 7.03. The minimum atomic E-state index is -0.278. The summed E-state index contributed by atoms with van der Waals surface area (Å²) < 4.78 is 17.4. The van der Waals surface area contributed by atoms with Crippen molar-refractivity contribution in [1.29, 1.82) is 0 Å². The molecule has 0 spiro atoms. The van der Waals surface area contributed by atoms with E-state index in [0.29, 0.717) is 26.1 Å². The first-order chi connectivity index (χ1) is 9.79. The number of carbonyl (C=O) groups is 1. The van der Waals surface area contributed by atoms with E-state index in [2.05, 4.69) is 4.90 Å². The fraction of sp³-hybridized carbons (Fsp3) is 0.533. The predicted octanol–water partition coefficient (Wildman–Crippen LogP) is 2.30. The van der Waals surface area contributed by atoms with Crippen molar-refractivity contribution in [3.8, 4) is 0 Å². The average Bonchev–Trinajstić information content (AvgIpc) is 2.52. The molecule has 4 nitrogen and oxygen atoms in total. The number of nitrogens with zero attached hydrogens (tertiary/aromatic N) is 2. The Kier molecular flexibility index (Phi) is 5.80. The SMILES string of the molecule is O=C(OCc1ccccc1)N1CCN(CCCF)CC1. The Morgan fingerprint density at radius 3 is 2.50 bits per heavy atom. The highest BCUT2D eigenvalue weighted by Gasteiger charge is 2.21. The Hall–Kier alpha value is -1.62. The van der Waals surface area contributed by atoms with Gasteiger partial charge in [0, 0.05) is 32.7 Å². The molecule has 20 heavy (non-hydrogen) atoms. The molecule has 0 bridgehead atoms. The first-order valence-corrected chi connectivity index (χ1v) is 7.03. The molecule has 1 aromatic carbocycles. The lowest BCUT2D eigenvalue weighted by atomic mass is 10.2. The largest absolute Gasteiger partial charge is 0.445 e. The van der Waals surface area contributed by atoms with Crippen LogP contribution in [0.25, 0.3) is 0 Å². The van der Waals surface area contributed by atoms with Crippen molar-refractivity contribution in [1.82, 2.24) is 9.80 Å². The van der Waals surface area contributed by atoms with Gasteiger partial charge in [-0.1, -0.05) is 30.3 Å². The molecule has 1 fully saturated rings. The van der Waals surface area contributed by atoms with Crippen LogP contribution in [0.15, 0.2) is 30.3 Å². The summed E-state index contributed by atoms with van der Waals surface area (Å²) in [7, 11) is 0.